The van der Waals surface area contributed by atoms with Crippen LogP contribution < -0.4 is 10.6 Å². The monoisotopic (exact) mass is 224 g/mol. The molecular weight excluding hydrogens is 204 g/mol. The van der Waals surface area contributed by atoms with Crippen molar-refractivity contribution in [1.82, 2.24) is 10.6 Å². The minimum atomic E-state index is -0.458. The first-order valence-electron chi connectivity index (χ1n) is 6.28. The normalized spacial score (nSPS) is 29.6. The molecule has 2 atom stereocenters. The fourth-order valence-electron chi connectivity index (χ4n) is 2.24. The van der Waals surface area contributed by atoms with Crippen molar-refractivity contribution in [2.75, 3.05) is 0 Å². The Labute approximate surface area is 96.2 Å². The fourth-order valence-corrected chi connectivity index (χ4v) is 2.24. The Morgan fingerprint density at radius 1 is 0.938 bits per heavy atom. The van der Waals surface area contributed by atoms with E-state index in [0.717, 1.165) is 32.1 Å². The van der Waals surface area contributed by atoms with Gasteiger partial charge in [0.2, 0.25) is 0 Å². The van der Waals surface area contributed by atoms with Crippen LogP contribution in [0.2, 0.25) is 0 Å². The molecule has 0 bridgehead atoms. The SMILES string of the molecule is C[C@@H]1CCCC[C@@H]1NC(=O)C(=O)NC1CC1. The summed E-state index contributed by atoms with van der Waals surface area (Å²) >= 11 is 0. The van der Waals surface area contributed by atoms with E-state index >= 15 is 0 Å². The highest BCUT2D eigenvalue weighted by Crippen LogP contribution is 2.23. The van der Waals surface area contributed by atoms with Crippen LogP contribution in [0.5, 0.6) is 0 Å². The molecule has 4 heteroatoms. The highest BCUT2D eigenvalue weighted by Gasteiger charge is 2.29. The van der Waals surface area contributed by atoms with Gasteiger partial charge in [-0.1, -0.05) is 19.8 Å². The Morgan fingerprint density at radius 3 is 2.19 bits per heavy atom. The molecule has 0 spiro atoms. The first kappa shape index (κ1) is 11.4. The van der Waals surface area contributed by atoms with Gasteiger partial charge in [-0.15, -0.1) is 0 Å². The van der Waals surface area contributed by atoms with Crippen molar-refractivity contribution in [2.45, 2.75) is 57.5 Å². The molecule has 0 aliphatic heterocycles. The zero-order valence-electron chi connectivity index (χ0n) is 9.79. The van der Waals surface area contributed by atoms with Crippen LogP contribution >= 0.6 is 0 Å². The molecule has 0 heterocycles. The number of rotatable bonds is 2. The summed E-state index contributed by atoms with van der Waals surface area (Å²) < 4.78 is 0. The topological polar surface area (TPSA) is 58.2 Å². The molecule has 2 N–H and O–H groups in total. The lowest BCUT2D eigenvalue weighted by Gasteiger charge is -2.29. The third kappa shape index (κ3) is 2.97. The highest BCUT2D eigenvalue weighted by molar-refractivity contribution is 6.35. The van der Waals surface area contributed by atoms with Gasteiger partial charge in [0.15, 0.2) is 0 Å². The van der Waals surface area contributed by atoms with Crippen molar-refractivity contribution < 1.29 is 9.59 Å². The molecule has 0 aromatic rings. The Bertz CT molecular complexity index is 287. The van der Waals surface area contributed by atoms with E-state index in [2.05, 4.69) is 17.6 Å². The molecule has 2 fully saturated rings. The summed E-state index contributed by atoms with van der Waals surface area (Å²) in [5.41, 5.74) is 0. The number of amides is 2. The predicted molar refractivity (Wildman–Crippen MR) is 60.7 cm³/mol. The molecule has 2 aliphatic rings. The van der Waals surface area contributed by atoms with E-state index in [4.69, 9.17) is 0 Å². The smallest absolute Gasteiger partial charge is 0.309 e. The van der Waals surface area contributed by atoms with Gasteiger partial charge >= 0.3 is 11.8 Å². The fraction of sp³-hybridized carbons (Fsp3) is 0.833. The maximum atomic E-state index is 11.6. The zero-order chi connectivity index (χ0) is 11.5. The van der Waals surface area contributed by atoms with Gasteiger partial charge in [0, 0.05) is 12.1 Å². The second-order valence-electron chi connectivity index (χ2n) is 5.09. The molecule has 0 unspecified atom stereocenters. The van der Waals surface area contributed by atoms with E-state index in [1.54, 1.807) is 0 Å². The van der Waals surface area contributed by atoms with Crippen LogP contribution in [-0.2, 0) is 9.59 Å². The molecule has 2 amide bonds. The third-order valence-corrected chi connectivity index (χ3v) is 3.55. The van der Waals surface area contributed by atoms with Crippen molar-refractivity contribution in [3.8, 4) is 0 Å². The Kier molecular flexibility index (Phi) is 3.46. The minimum absolute atomic E-state index is 0.186. The summed E-state index contributed by atoms with van der Waals surface area (Å²) in [4.78, 5) is 23.0. The summed E-state index contributed by atoms with van der Waals surface area (Å²) in [6, 6.07) is 0.438. The lowest BCUT2D eigenvalue weighted by Crippen LogP contribution is -2.48. The van der Waals surface area contributed by atoms with E-state index in [-0.39, 0.29) is 12.1 Å². The molecule has 0 aromatic carbocycles. The van der Waals surface area contributed by atoms with Gasteiger partial charge in [0.25, 0.3) is 0 Å². The van der Waals surface area contributed by atoms with Gasteiger partial charge in [0.05, 0.1) is 0 Å². The van der Waals surface area contributed by atoms with Gasteiger partial charge in [-0.05, 0) is 31.6 Å². The Morgan fingerprint density at radius 2 is 1.56 bits per heavy atom. The summed E-state index contributed by atoms with van der Waals surface area (Å²) in [5.74, 6) is -0.419. The third-order valence-electron chi connectivity index (χ3n) is 3.55. The number of carbonyl (C=O) groups excluding carboxylic acids is 2. The standard InChI is InChI=1S/C12H20N2O2/c1-8-4-2-3-5-10(8)14-12(16)11(15)13-9-6-7-9/h8-10H,2-7H2,1H3,(H,13,15)(H,14,16)/t8-,10+/m1/s1. The molecule has 2 aliphatic carbocycles. The van der Waals surface area contributed by atoms with Crippen molar-refractivity contribution >= 4 is 11.8 Å². The van der Waals surface area contributed by atoms with Crippen LogP contribution in [-0.4, -0.2) is 23.9 Å². The molecule has 2 rings (SSSR count). The van der Waals surface area contributed by atoms with Gasteiger partial charge in [-0.3, -0.25) is 9.59 Å². The van der Waals surface area contributed by atoms with Gasteiger partial charge < -0.3 is 10.6 Å². The van der Waals surface area contributed by atoms with Gasteiger partial charge in [0.1, 0.15) is 0 Å². The Balaban J connectivity index is 1.78. The van der Waals surface area contributed by atoms with E-state index < -0.39 is 11.8 Å². The lowest BCUT2D eigenvalue weighted by atomic mass is 9.86. The highest BCUT2D eigenvalue weighted by atomic mass is 16.2. The van der Waals surface area contributed by atoms with Crippen molar-refractivity contribution in [3.05, 3.63) is 0 Å². The van der Waals surface area contributed by atoms with E-state index in [1.807, 2.05) is 0 Å². The molecule has 0 saturated heterocycles. The van der Waals surface area contributed by atoms with Crippen LogP contribution in [0.1, 0.15) is 45.4 Å². The summed E-state index contributed by atoms with van der Waals surface area (Å²) in [5, 5.41) is 5.56. The minimum Gasteiger partial charge on any atom is -0.345 e. The molecule has 90 valence electrons. The molecule has 0 aromatic heterocycles. The average Bonchev–Trinajstić information content (AvgIpc) is 3.05. The Hall–Kier alpha value is -1.06. The largest absolute Gasteiger partial charge is 0.345 e. The van der Waals surface area contributed by atoms with Gasteiger partial charge in [-0.2, -0.15) is 0 Å². The first-order chi connectivity index (χ1) is 7.66. The zero-order valence-corrected chi connectivity index (χ0v) is 9.79. The summed E-state index contributed by atoms with van der Waals surface area (Å²) in [6.07, 6.45) is 6.57. The number of carbonyl (C=O) groups is 2. The van der Waals surface area contributed by atoms with Crippen LogP contribution in [0.3, 0.4) is 0 Å². The van der Waals surface area contributed by atoms with Crippen molar-refractivity contribution in [2.24, 2.45) is 5.92 Å². The summed E-state index contributed by atoms with van der Waals surface area (Å²) in [7, 11) is 0. The number of hydrogen-bond acceptors (Lipinski definition) is 2. The first-order valence-corrected chi connectivity index (χ1v) is 6.28. The average molecular weight is 224 g/mol. The summed E-state index contributed by atoms with van der Waals surface area (Å²) in [6.45, 7) is 2.14. The maximum absolute atomic E-state index is 11.6. The van der Waals surface area contributed by atoms with Crippen molar-refractivity contribution in [1.29, 1.82) is 0 Å². The van der Waals surface area contributed by atoms with Crippen LogP contribution in [0.25, 0.3) is 0 Å². The second kappa shape index (κ2) is 4.85. The molecule has 4 nitrogen and oxygen atoms in total. The quantitative estimate of drug-likeness (QED) is 0.686. The van der Waals surface area contributed by atoms with E-state index in [0.29, 0.717) is 5.92 Å². The van der Waals surface area contributed by atoms with Gasteiger partial charge in [-0.25, -0.2) is 0 Å². The maximum Gasteiger partial charge on any atom is 0.309 e. The van der Waals surface area contributed by atoms with Crippen molar-refractivity contribution in [3.63, 3.8) is 0 Å². The molecule has 16 heavy (non-hydrogen) atoms. The number of nitrogens with one attached hydrogen (secondary N) is 2. The predicted octanol–water partition coefficient (Wildman–Crippen LogP) is 0.960. The van der Waals surface area contributed by atoms with Crippen LogP contribution in [0.4, 0.5) is 0 Å². The number of hydrogen-bond donors (Lipinski definition) is 2. The molecule has 2 saturated carbocycles. The van der Waals surface area contributed by atoms with E-state index in [9.17, 15) is 9.59 Å². The van der Waals surface area contributed by atoms with E-state index in [1.165, 1.54) is 6.42 Å². The second-order valence-corrected chi connectivity index (χ2v) is 5.09. The van der Waals surface area contributed by atoms with Crippen LogP contribution in [0, 0.1) is 5.92 Å². The molecule has 0 radical (unpaired) electrons. The molecular formula is C12H20N2O2. The lowest BCUT2D eigenvalue weighted by molar-refractivity contribution is -0.140. The van der Waals surface area contributed by atoms with Crippen LogP contribution in [0.15, 0.2) is 0 Å².